The Balaban J connectivity index is 2.18. The van der Waals surface area contributed by atoms with E-state index in [1.165, 1.54) is 0 Å². The van der Waals surface area contributed by atoms with Crippen molar-refractivity contribution in [2.45, 2.75) is 6.92 Å². The van der Waals surface area contributed by atoms with Gasteiger partial charge in [0.05, 0.1) is 0 Å². The van der Waals surface area contributed by atoms with Gasteiger partial charge < -0.3 is 11.1 Å². The lowest BCUT2D eigenvalue weighted by Crippen LogP contribution is -2.14. The van der Waals surface area contributed by atoms with Gasteiger partial charge in [0.15, 0.2) is 0 Å². The number of nitrogens with zero attached hydrogens (tertiary/aromatic N) is 1. The molecule has 0 saturated carbocycles. The lowest BCUT2D eigenvalue weighted by Gasteiger charge is -2.06. The average molecular weight is 262 g/mol. The number of benzene rings is 1. The molecule has 1 aromatic carbocycles. The number of nitrogen functional groups attached to an aromatic ring is 1. The van der Waals surface area contributed by atoms with E-state index in [2.05, 4.69) is 10.3 Å². The topological polar surface area (TPSA) is 68.0 Å². The summed E-state index contributed by atoms with van der Waals surface area (Å²) in [4.78, 5) is 15.8. The Morgan fingerprint density at radius 2 is 2.11 bits per heavy atom. The van der Waals surface area contributed by atoms with E-state index in [0.29, 0.717) is 16.5 Å². The summed E-state index contributed by atoms with van der Waals surface area (Å²) in [5.74, 6) is -0.00758. The van der Waals surface area contributed by atoms with Crippen LogP contribution in [0.1, 0.15) is 16.1 Å². The van der Waals surface area contributed by atoms with E-state index in [4.69, 9.17) is 17.3 Å². The molecule has 1 aromatic heterocycles. The van der Waals surface area contributed by atoms with Gasteiger partial charge in [0, 0.05) is 10.7 Å². The van der Waals surface area contributed by atoms with Gasteiger partial charge in [-0.25, -0.2) is 4.98 Å². The minimum atomic E-state index is -0.317. The van der Waals surface area contributed by atoms with Crippen LogP contribution in [-0.4, -0.2) is 10.9 Å². The molecular formula is C13H12ClN3O. The number of nitrogens with one attached hydrogen (secondary N) is 1. The Morgan fingerprint density at radius 1 is 1.33 bits per heavy atom. The summed E-state index contributed by atoms with van der Waals surface area (Å²) in [6, 6.07) is 10.2. The van der Waals surface area contributed by atoms with Crippen molar-refractivity contribution in [1.29, 1.82) is 0 Å². The van der Waals surface area contributed by atoms with E-state index in [9.17, 15) is 4.79 Å². The number of nitrogens with two attached hydrogens (primary N) is 1. The zero-order chi connectivity index (χ0) is 13.1. The Hall–Kier alpha value is -2.07. The highest BCUT2D eigenvalue weighted by atomic mass is 35.5. The van der Waals surface area contributed by atoms with Crippen LogP contribution < -0.4 is 11.1 Å². The van der Waals surface area contributed by atoms with Gasteiger partial charge in [-0.05, 0) is 36.8 Å². The summed E-state index contributed by atoms with van der Waals surface area (Å²) < 4.78 is 0. The molecule has 1 amide bonds. The molecule has 5 heteroatoms. The SMILES string of the molecule is Cc1ccc(NC(=O)c2cccc(N)n2)cc1Cl. The fourth-order valence-corrected chi connectivity index (χ4v) is 1.62. The maximum absolute atomic E-state index is 11.9. The van der Waals surface area contributed by atoms with Crippen molar-refractivity contribution in [2.75, 3.05) is 11.1 Å². The molecule has 4 nitrogen and oxygen atoms in total. The first-order valence-electron chi connectivity index (χ1n) is 5.36. The van der Waals surface area contributed by atoms with Crippen molar-refractivity contribution in [3.8, 4) is 0 Å². The van der Waals surface area contributed by atoms with E-state index in [0.717, 1.165) is 5.56 Å². The Labute approximate surface area is 110 Å². The normalized spacial score (nSPS) is 10.1. The van der Waals surface area contributed by atoms with E-state index < -0.39 is 0 Å². The van der Waals surface area contributed by atoms with E-state index in [-0.39, 0.29) is 11.6 Å². The fourth-order valence-electron chi connectivity index (χ4n) is 1.44. The van der Waals surface area contributed by atoms with Crippen LogP contribution >= 0.6 is 11.6 Å². The number of hydrogen-bond acceptors (Lipinski definition) is 3. The minimum Gasteiger partial charge on any atom is -0.384 e. The van der Waals surface area contributed by atoms with Gasteiger partial charge in [-0.1, -0.05) is 23.7 Å². The van der Waals surface area contributed by atoms with Crippen molar-refractivity contribution < 1.29 is 4.79 Å². The third-order valence-corrected chi connectivity index (χ3v) is 2.84. The first-order valence-corrected chi connectivity index (χ1v) is 5.74. The number of anilines is 2. The molecule has 0 saturated heterocycles. The van der Waals surface area contributed by atoms with Crippen LogP contribution in [0.3, 0.4) is 0 Å². The molecule has 1 heterocycles. The molecule has 0 atom stereocenters. The predicted octanol–water partition coefficient (Wildman–Crippen LogP) is 2.88. The number of halogens is 1. The van der Waals surface area contributed by atoms with Crippen LogP contribution in [0.15, 0.2) is 36.4 Å². The van der Waals surface area contributed by atoms with Gasteiger partial charge >= 0.3 is 0 Å². The van der Waals surface area contributed by atoms with Gasteiger partial charge in [-0.3, -0.25) is 4.79 Å². The van der Waals surface area contributed by atoms with E-state index in [1.807, 2.05) is 13.0 Å². The molecule has 0 aliphatic rings. The first-order chi connectivity index (χ1) is 8.56. The molecule has 0 radical (unpaired) electrons. The number of aryl methyl sites for hydroxylation is 1. The molecule has 2 aromatic rings. The van der Waals surface area contributed by atoms with Crippen molar-refractivity contribution >= 4 is 29.0 Å². The number of carbonyl (C=O) groups excluding carboxylic acids is 1. The number of pyridine rings is 1. The largest absolute Gasteiger partial charge is 0.384 e. The van der Waals surface area contributed by atoms with Crippen molar-refractivity contribution in [3.05, 3.63) is 52.7 Å². The number of rotatable bonds is 2. The van der Waals surface area contributed by atoms with Gasteiger partial charge in [0.2, 0.25) is 0 Å². The number of hydrogen-bond donors (Lipinski definition) is 2. The van der Waals surface area contributed by atoms with Crippen LogP contribution in [0.5, 0.6) is 0 Å². The van der Waals surface area contributed by atoms with Crippen LogP contribution in [-0.2, 0) is 0 Å². The number of amides is 1. The molecule has 0 aliphatic heterocycles. The molecule has 3 N–H and O–H groups in total. The molecule has 0 aliphatic carbocycles. The fraction of sp³-hybridized carbons (Fsp3) is 0.0769. The van der Waals surface area contributed by atoms with E-state index in [1.54, 1.807) is 30.3 Å². The second kappa shape index (κ2) is 5.06. The highest BCUT2D eigenvalue weighted by Gasteiger charge is 2.08. The van der Waals surface area contributed by atoms with Crippen molar-refractivity contribution in [1.82, 2.24) is 4.98 Å². The molecule has 92 valence electrons. The number of aromatic nitrogens is 1. The quantitative estimate of drug-likeness (QED) is 0.873. The summed E-state index contributed by atoms with van der Waals surface area (Å²) in [6.45, 7) is 1.90. The second-order valence-electron chi connectivity index (χ2n) is 3.87. The Kier molecular flexibility index (Phi) is 3.48. The standard InChI is InChI=1S/C13H12ClN3O/c1-8-5-6-9(7-10(8)14)16-13(18)11-3-2-4-12(15)17-11/h2-7H,1H3,(H2,15,17)(H,16,18). The molecule has 18 heavy (non-hydrogen) atoms. The third-order valence-electron chi connectivity index (χ3n) is 2.43. The van der Waals surface area contributed by atoms with Crippen LogP contribution in [0.25, 0.3) is 0 Å². The van der Waals surface area contributed by atoms with Crippen LogP contribution in [0, 0.1) is 6.92 Å². The zero-order valence-corrected chi connectivity index (χ0v) is 10.5. The second-order valence-corrected chi connectivity index (χ2v) is 4.27. The number of carbonyl (C=O) groups is 1. The van der Waals surface area contributed by atoms with Gasteiger partial charge in [0.1, 0.15) is 11.5 Å². The molecule has 2 rings (SSSR count). The summed E-state index contributed by atoms with van der Waals surface area (Å²) in [5.41, 5.74) is 7.37. The first kappa shape index (κ1) is 12.4. The van der Waals surface area contributed by atoms with Crippen LogP contribution in [0.4, 0.5) is 11.5 Å². The lowest BCUT2D eigenvalue weighted by molar-refractivity contribution is 0.102. The third kappa shape index (κ3) is 2.78. The van der Waals surface area contributed by atoms with Crippen molar-refractivity contribution in [2.24, 2.45) is 0 Å². The molecule has 0 unspecified atom stereocenters. The molecule has 0 bridgehead atoms. The summed E-state index contributed by atoms with van der Waals surface area (Å²) >= 11 is 5.98. The van der Waals surface area contributed by atoms with Gasteiger partial charge in [-0.2, -0.15) is 0 Å². The molecule has 0 spiro atoms. The monoisotopic (exact) mass is 261 g/mol. The molecule has 0 fully saturated rings. The smallest absolute Gasteiger partial charge is 0.274 e. The Morgan fingerprint density at radius 3 is 2.78 bits per heavy atom. The summed E-state index contributed by atoms with van der Waals surface area (Å²) in [6.07, 6.45) is 0. The highest BCUT2D eigenvalue weighted by molar-refractivity contribution is 6.31. The average Bonchev–Trinajstić information content (AvgIpc) is 2.34. The minimum absolute atomic E-state index is 0.270. The van der Waals surface area contributed by atoms with Gasteiger partial charge in [-0.15, -0.1) is 0 Å². The predicted molar refractivity (Wildman–Crippen MR) is 72.8 cm³/mol. The summed E-state index contributed by atoms with van der Waals surface area (Å²) in [7, 11) is 0. The van der Waals surface area contributed by atoms with Crippen molar-refractivity contribution in [3.63, 3.8) is 0 Å². The highest BCUT2D eigenvalue weighted by Crippen LogP contribution is 2.20. The molecular weight excluding hydrogens is 250 g/mol. The maximum Gasteiger partial charge on any atom is 0.274 e. The lowest BCUT2D eigenvalue weighted by atomic mass is 10.2. The van der Waals surface area contributed by atoms with Crippen LogP contribution in [0.2, 0.25) is 5.02 Å². The summed E-state index contributed by atoms with van der Waals surface area (Å²) in [5, 5.41) is 3.32. The van der Waals surface area contributed by atoms with Gasteiger partial charge in [0.25, 0.3) is 5.91 Å². The Bertz CT molecular complexity index is 599. The zero-order valence-electron chi connectivity index (χ0n) is 9.77. The van der Waals surface area contributed by atoms with E-state index >= 15 is 0 Å². The maximum atomic E-state index is 11.9.